The van der Waals surface area contributed by atoms with E-state index in [2.05, 4.69) is 106 Å². The molecule has 1 aliphatic rings. The summed E-state index contributed by atoms with van der Waals surface area (Å²) < 4.78 is 6.14. The van der Waals surface area contributed by atoms with Gasteiger partial charge in [0.05, 0.1) is 18.3 Å². The monoisotopic (exact) mass is 660 g/mol. The molecule has 0 spiro atoms. The van der Waals surface area contributed by atoms with Gasteiger partial charge in [-0.25, -0.2) is 0 Å². The molecule has 0 unspecified atom stereocenters. The highest BCUT2D eigenvalue weighted by atomic mass is 127. The first kappa shape index (κ1) is 22.6. The molecule has 0 atom stereocenters. The Bertz CT molecular complexity index is 995. The Balaban J connectivity index is 2.03. The fourth-order valence-electron chi connectivity index (χ4n) is 2.14. The van der Waals surface area contributed by atoms with E-state index in [1.54, 1.807) is 47.0 Å². The Hall–Kier alpha value is -0.100. The van der Waals surface area contributed by atoms with Crippen molar-refractivity contribution in [1.82, 2.24) is 0 Å². The lowest BCUT2D eigenvalue weighted by Crippen LogP contribution is -1.84. The molecule has 28 heavy (non-hydrogen) atoms. The van der Waals surface area contributed by atoms with E-state index in [1.165, 1.54) is 12.7 Å². The van der Waals surface area contributed by atoms with Crippen LogP contribution in [-0.4, -0.2) is 12.5 Å². The van der Waals surface area contributed by atoms with Gasteiger partial charge in [-0.1, -0.05) is 71.5 Å². The topological polar surface area (TPSA) is 0 Å². The van der Waals surface area contributed by atoms with Crippen molar-refractivity contribution in [2.45, 2.75) is 0 Å². The van der Waals surface area contributed by atoms with E-state index in [9.17, 15) is 0 Å². The second-order valence-electron chi connectivity index (χ2n) is 5.31. The van der Waals surface area contributed by atoms with Crippen LogP contribution in [0, 0.1) is 30.8 Å². The molecule has 0 N–H and O–H groups in total. The van der Waals surface area contributed by atoms with E-state index in [1.807, 2.05) is 24.3 Å². The molecular formula is C22H14I2S4. The predicted octanol–water partition coefficient (Wildman–Crippen LogP) is 7.84. The van der Waals surface area contributed by atoms with E-state index in [-0.39, 0.29) is 0 Å². The highest BCUT2D eigenvalue weighted by Crippen LogP contribution is 2.57. The molecule has 0 nitrogen and oxygen atoms in total. The minimum absolute atomic E-state index is 0.893. The minimum atomic E-state index is 0.893. The van der Waals surface area contributed by atoms with Crippen LogP contribution in [-0.2, 0) is 0 Å². The molecule has 0 fully saturated rings. The lowest BCUT2D eigenvalue weighted by Gasteiger charge is -1.99. The van der Waals surface area contributed by atoms with E-state index < -0.39 is 0 Å². The molecule has 2 aromatic rings. The van der Waals surface area contributed by atoms with Crippen LogP contribution in [0.2, 0.25) is 0 Å². The molecule has 6 heteroatoms. The van der Waals surface area contributed by atoms with E-state index in [4.69, 9.17) is 0 Å². The Morgan fingerprint density at radius 2 is 1.18 bits per heavy atom. The van der Waals surface area contributed by atoms with Crippen LogP contribution in [0.25, 0.3) is 0 Å². The van der Waals surface area contributed by atoms with Gasteiger partial charge in [-0.05, 0) is 82.0 Å². The smallest absolute Gasteiger partial charge is 0.0958 e. The largest absolute Gasteiger partial charge is 0.121 e. The van der Waals surface area contributed by atoms with Gasteiger partial charge in [0.2, 0.25) is 0 Å². The van der Waals surface area contributed by atoms with Gasteiger partial charge in [0.15, 0.2) is 0 Å². The second-order valence-corrected chi connectivity index (χ2v) is 12.1. The maximum Gasteiger partial charge on any atom is 0.0958 e. The normalized spacial score (nSPS) is 12.9. The maximum atomic E-state index is 3.36. The Morgan fingerprint density at radius 1 is 0.750 bits per heavy atom. The van der Waals surface area contributed by atoms with Gasteiger partial charge in [0.1, 0.15) is 0 Å². The summed E-state index contributed by atoms with van der Waals surface area (Å²) in [5.41, 5.74) is 2.96. The molecule has 2 aromatic carbocycles. The molecule has 1 heterocycles. The van der Waals surface area contributed by atoms with Crippen LogP contribution in [0.3, 0.4) is 0 Å². The average Bonchev–Trinajstić information content (AvgIpc) is 3.13. The maximum absolute atomic E-state index is 3.36. The van der Waals surface area contributed by atoms with Gasteiger partial charge in [-0.3, -0.25) is 0 Å². The van der Waals surface area contributed by atoms with E-state index in [0.29, 0.717) is 0 Å². The zero-order chi connectivity index (χ0) is 19.9. The summed E-state index contributed by atoms with van der Waals surface area (Å²) in [4.78, 5) is 0. The Labute approximate surface area is 211 Å². The standard InChI is InChI=1S/C22H14I2S4/c1-25-21-22(26-2)28-20(27-21)17(13-11-15-7-3-5-9-18(15)23)14-12-16-8-4-6-10-19(16)24/h3-10H,1-2H3. The summed E-state index contributed by atoms with van der Waals surface area (Å²) in [6, 6.07) is 16.4. The van der Waals surface area contributed by atoms with Crippen molar-refractivity contribution in [2.24, 2.45) is 0 Å². The third-order valence-electron chi connectivity index (χ3n) is 3.50. The first-order chi connectivity index (χ1) is 13.6. The molecule has 0 bridgehead atoms. The quantitative estimate of drug-likeness (QED) is 0.238. The zero-order valence-electron chi connectivity index (χ0n) is 15.0. The van der Waals surface area contributed by atoms with Crippen molar-refractivity contribution < 1.29 is 0 Å². The van der Waals surface area contributed by atoms with Gasteiger partial charge < -0.3 is 0 Å². The van der Waals surface area contributed by atoms with E-state index >= 15 is 0 Å². The third-order valence-corrected chi connectivity index (χ3v) is 10.6. The minimum Gasteiger partial charge on any atom is -0.121 e. The number of halogens is 2. The van der Waals surface area contributed by atoms with Crippen molar-refractivity contribution in [3.05, 3.63) is 85.1 Å². The number of allylic oxidation sites excluding steroid dienone is 1. The molecular weight excluding hydrogens is 646 g/mol. The molecule has 3 rings (SSSR count). The number of rotatable bonds is 2. The van der Waals surface area contributed by atoms with Crippen LogP contribution >= 0.6 is 92.2 Å². The summed E-state index contributed by atoms with van der Waals surface area (Å²) in [6.45, 7) is 0. The summed E-state index contributed by atoms with van der Waals surface area (Å²) in [7, 11) is 0. The van der Waals surface area contributed by atoms with Gasteiger partial charge >= 0.3 is 0 Å². The lowest BCUT2D eigenvalue weighted by molar-refractivity contribution is 1.58. The van der Waals surface area contributed by atoms with Crippen molar-refractivity contribution in [2.75, 3.05) is 12.5 Å². The van der Waals surface area contributed by atoms with Crippen molar-refractivity contribution in [1.29, 1.82) is 0 Å². The lowest BCUT2D eigenvalue weighted by atomic mass is 10.2. The van der Waals surface area contributed by atoms with E-state index in [0.717, 1.165) is 23.8 Å². The van der Waals surface area contributed by atoms with Crippen LogP contribution in [0.15, 0.2) is 66.8 Å². The molecule has 140 valence electrons. The highest BCUT2D eigenvalue weighted by Gasteiger charge is 2.22. The van der Waals surface area contributed by atoms with Crippen molar-refractivity contribution in [3.8, 4) is 23.7 Å². The molecule has 0 saturated heterocycles. The third kappa shape index (κ3) is 5.96. The summed E-state index contributed by atoms with van der Waals surface area (Å²) in [6.07, 6.45) is 4.25. The van der Waals surface area contributed by atoms with Crippen LogP contribution in [0.5, 0.6) is 0 Å². The van der Waals surface area contributed by atoms with Gasteiger partial charge in [-0.15, -0.1) is 23.5 Å². The molecule has 0 radical (unpaired) electrons. The van der Waals surface area contributed by atoms with Crippen LogP contribution in [0.1, 0.15) is 11.1 Å². The molecule has 0 amide bonds. The first-order valence-corrected chi connectivity index (χ1v) is 14.3. The molecule has 1 aliphatic heterocycles. The number of hydrogen-bond acceptors (Lipinski definition) is 4. The van der Waals surface area contributed by atoms with Crippen molar-refractivity contribution in [3.63, 3.8) is 0 Å². The Kier molecular flexibility index (Phi) is 9.14. The second kappa shape index (κ2) is 11.3. The Morgan fingerprint density at radius 3 is 1.57 bits per heavy atom. The van der Waals surface area contributed by atoms with Crippen molar-refractivity contribution >= 4 is 92.2 Å². The summed E-state index contributed by atoms with van der Waals surface area (Å²) in [5.74, 6) is 13.4. The predicted molar refractivity (Wildman–Crippen MR) is 148 cm³/mol. The first-order valence-electron chi connectivity index (χ1n) is 8.07. The number of thioether (sulfide) groups is 4. The molecule has 0 aromatic heterocycles. The van der Waals surface area contributed by atoms with Crippen LogP contribution in [0.4, 0.5) is 0 Å². The summed E-state index contributed by atoms with van der Waals surface area (Å²) in [5, 5.41) is 0. The molecule has 0 saturated carbocycles. The number of hydrogen-bond donors (Lipinski definition) is 0. The SMILES string of the molecule is CSC1=C(SC)SC(=C(C#Cc2ccccc2I)C#Cc2ccccc2I)S1. The summed E-state index contributed by atoms with van der Waals surface area (Å²) >= 11 is 11.8. The molecule has 0 aliphatic carbocycles. The highest BCUT2D eigenvalue weighted by molar-refractivity contribution is 14.1. The number of benzene rings is 2. The fraction of sp³-hybridized carbons (Fsp3) is 0.0909. The average molecular weight is 660 g/mol. The van der Waals surface area contributed by atoms with Gasteiger partial charge in [0, 0.05) is 18.3 Å². The van der Waals surface area contributed by atoms with Crippen LogP contribution < -0.4 is 0 Å². The zero-order valence-corrected chi connectivity index (χ0v) is 22.6. The van der Waals surface area contributed by atoms with Gasteiger partial charge in [-0.2, -0.15) is 0 Å². The van der Waals surface area contributed by atoms with Gasteiger partial charge in [0.25, 0.3) is 0 Å². The fourth-order valence-corrected chi connectivity index (χ4v) is 8.08.